The highest BCUT2D eigenvalue weighted by atomic mass is 32.2. The Hall–Kier alpha value is -2.97. The van der Waals surface area contributed by atoms with Crippen LogP contribution in [0.4, 0.5) is 0 Å². The highest BCUT2D eigenvalue weighted by Crippen LogP contribution is 2.30. The lowest BCUT2D eigenvalue weighted by molar-refractivity contribution is -0.120. The molecule has 2 aromatic carbocycles. The summed E-state index contributed by atoms with van der Waals surface area (Å²) in [4.78, 5) is 27.8. The molecule has 1 amide bonds. The predicted molar refractivity (Wildman–Crippen MR) is 109 cm³/mol. The molecule has 1 unspecified atom stereocenters. The summed E-state index contributed by atoms with van der Waals surface area (Å²) in [5.41, 5.74) is 1.19. The van der Waals surface area contributed by atoms with Crippen molar-refractivity contribution in [1.29, 1.82) is 0 Å². The van der Waals surface area contributed by atoms with E-state index in [2.05, 4.69) is 10.3 Å². The quantitative estimate of drug-likeness (QED) is 0.601. The maximum absolute atomic E-state index is 12.8. The third kappa shape index (κ3) is 3.56. The average Bonchev–Trinajstić information content (AvgIpc) is 3.08. The lowest BCUT2D eigenvalue weighted by atomic mass is 9.93. The SMILES string of the molecule is CS(=O)(=O)c1ccccc1-c1cc2ccc([C@H]3CC(CO)NC3=O)cc2c(=O)[nH]1. The number of benzene rings is 2. The number of pyridine rings is 1. The molecule has 1 fully saturated rings. The second-order valence-corrected chi connectivity index (χ2v) is 9.29. The van der Waals surface area contributed by atoms with Gasteiger partial charge >= 0.3 is 0 Å². The van der Waals surface area contributed by atoms with Crippen molar-refractivity contribution in [3.63, 3.8) is 0 Å². The number of rotatable bonds is 4. The number of hydrogen-bond donors (Lipinski definition) is 3. The van der Waals surface area contributed by atoms with E-state index in [-0.39, 0.29) is 29.0 Å². The molecule has 0 radical (unpaired) electrons. The second-order valence-electron chi connectivity index (χ2n) is 7.30. The van der Waals surface area contributed by atoms with Gasteiger partial charge in [-0.25, -0.2) is 8.42 Å². The Balaban J connectivity index is 1.81. The fourth-order valence-electron chi connectivity index (χ4n) is 3.81. The summed E-state index contributed by atoms with van der Waals surface area (Å²) < 4.78 is 24.2. The lowest BCUT2D eigenvalue weighted by Crippen LogP contribution is -2.28. The molecule has 150 valence electrons. The molecule has 3 N–H and O–H groups in total. The van der Waals surface area contributed by atoms with Crippen LogP contribution < -0.4 is 10.9 Å². The molecule has 4 rings (SSSR count). The van der Waals surface area contributed by atoms with Crippen molar-refractivity contribution >= 4 is 26.5 Å². The Morgan fingerprint density at radius 3 is 2.55 bits per heavy atom. The zero-order valence-corrected chi connectivity index (χ0v) is 16.5. The van der Waals surface area contributed by atoms with E-state index in [0.717, 1.165) is 6.26 Å². The molecule has 0 saturated carbocycles. The molecule has 29 heavy (non-hydrogen) atoms. The summed E-state index contributed by atoms with van der Waals surface area (Å²) in [7, 11) is -3.47. The summed E-state index contributed by atoms with van der Waals surface area (Å²) in [6.45, 7) is -0.125. The van der Waals surface area contributed by atoms with Crippen molar-refractivity contribution in [3.05, 3.63) is 64.4 Å². The number of amides is 1. The summed E-state index contributed by atoms with van der Waals surface area (Å²) in [6.07, 6.45) is 1.60. The van der Waals surface area contributed by atoms with Crippen LogP contribution >= 0.6 is 0 Å². The molecule has 2 atom stereocenters. The number of aliphatic hydroxyl groups is 1. The molecule has 2 heterocycles. The molecule has 0 aliphatic carbocycles. The van der Waals surface area contributed by atoms with Crippen LogP contribution in [0.3, 0.4) is 0 Å². The molecular formula is C21H20N2O5S. The maximum atomic E-state index is 12.8. The predicted octanol–water partition coefficient (Wildman–Crippen LogP) is 1.56. The Labute approximate surface area is 167 Å². The lowest BCUT2D eigenvalue weighted by Gasteiger charge is -2.11. The number of aromatic amines is 1. The first-order chi connectivity index (χ1) is 13.8. The monoisotopic (exact) mass is 412 g/mol. The van der Waals surface area contributed by atoms with E-state index in [0.29, 0.717) is 34.0 Å². The summed E-state index contributed by atoms with van der Waals surface area (Å²) in [5.74, 6) is -0.583. The minimum absolute atomic E-state index is 0.125. The van der Waals surface area contributed by atoms with Crippen LogP contribution in [0, 0.1) is 0 Å². The number of fused-ring (bicyclic) bond motifs is 1. The van der Waals surface area contributed by atoms with Crippen LogP contribution in [-0.4, -0.2) is 43.3 Å². The Bertz CT molecular complexity index is 1280. The molecule has 8 heteroatoms. The van der Waals surface area contributed by atoms with Crippen LogP contribution in [0.5, 0.6) is 0 Å². The Morgan fingerprint density at radius 2 is 1.86 bits per heavy atom. The van der Waals surface area contributed by atoms with Crippen molar-refractivity contribution in [2.45, 2.75) is 23.3 Å². The van der Waals surface area contributed by atoms with E-state index < -0.39 is 15.8 Å². The van der Waals surface area contributed by atoms with E-state index >= 15 is 0 Å². The van der Waals surface area contributed by atoms with Gasteiger partial charge in [0, 0.05) is 17.2 Å². The standard InChI is InChI=1S/C21H20N2O5S/c1-29(27,28)19-5-3-2-4-15(19)18-9-13-7-6-12(8-16(13)21(26)23-18)17-10-14(11-24)22-20(17)25/h2-9,14,17,24H,10-11H2,1H3,(H,22,25)(H,23,26)/t14?,17-/m1/s1. The second kappa shape index (κ2) is 7.13. The molecule has 3 aromatic rings. The van der Waals surface area contributed by atoms with Gasteiger partial charge < -0.3 is 15.4 Å². The zero-order chi connectivity index (χ0) is 20.8. The zero-order valence-electron chi connectivity index (χ0n) is 15.7. The molecule has 7 nitrogen and oxygen atoms in total. The number of aromatic nitrogens is 1. The third-order valence-corrected chi connectivity index (χ3v) is 6.41. The van der Waals surface area contributed by atoms with Crippen molar-refractivity contribution in [2.75, 3.05) is 12.9 Å². The normalized spacial score (nSPS) is 19.4. The van der Waals surface area contributed by atoms with Crippen molar-refractivity contribution < 1.29 is 18.3 Å². The smallest absolute Gasteiger partial charge is 0.256 e. The highest BCUT2D eigenvalue weighted by Gasteiger charge is 2.32. The Kier molecular flexibility index (Phi) is 4.76. The van der Waals surface area contributed by atoms with Crippen LogP contribution in [0.25, 0.3) is 22.0 Å². The largest absolute Gasteiger partial charge is 0.394 e. The number of carbonyl (C=O) groups is 1. The number of hydrogen-bond acceptors (Lipinski definition) is 5. The van der Waals surface area contributed by atoms with Gasteiger partial charge in [-0.15, -0.1) is 0 Å². The molecule has 0 bridgehead atoms. The number of nitrogens with one attached hydrogen (secondary N) is 2. The van der Waals surface area contributed by atoms with E-state index in [4.69, 9.17) is 0 Å². The topological polar surface area (TPSA) is 116 Å². The van der Waals surface area contributed by atoms with E-state index in [1.807, 2.05) is 0 Å². The molecular weight excluding hydrogens is 392 g/mol. The molecule has 0 spiro atoms. The maximum Gasteiger partial charge on any atom is 0.256 e. The average molecular weight is 412 g/mol. The Morgan fingerprint density at radius 1 is 1.10 bits per heavy atom. The summed E-state index contributed by atoms with van der Waals surface area (Å²) in [6, 6.07) is 13.2. The van der Waals surface area contributed by atoms with Gasteiger partial charge in [-0.05, 0) is 35.6 Å². The minimum atomic E-state index is -3.47. The van der Waals surface area contributed by atoms with Gasteiger partial charge in [0.1, 0.15) is 0 Å². The number of carbonyl (C=O) groups excluding carboxylic acids is 1. The van der Waals surface area contributed by atoms with Crippen LogP contribution in [-0.2, 0) is 14.6 Å². The van der Waals surface area contributed by atoms with Crippen molar-refractivity contribution in [3.8, 4) is 11.3 Å². The fraction of sp³-hybridized carbons (Fsp3) is 0.238. The first-order valence-electron chi connectivity index (χ1n) is 9.15. The van der Waals surface area contributed by atoms with E-state index in [1.54, 1.807) is 42.5 Å². The summed E-state index contributed by atoms with van der Waals surface area (Å²) in [5, 5.41) is 13.1. The van der Waals surface area contributed by atoms with Crippen LogP contribution in [0.1, 0.15) is 17.9 Å². The van der Waals surface area contributed by atoms with Crippen molar-refractivity contribution in [1.82, 2.24) is 10.3 Å². The van der Waals surface area contributed by atoms with Crippen LogP contribution in [0.15, 0.2) is 58.2 Å². The number of aliphatic hydroxyl groups excluding tert-OH is 1. The summed E-state index contributed by atoms with van der Waals surface area (Å²) >= 11 is 0. The number of H-pyrrole nitrogens is 1. The molecule has 1 saturated heterocycles. The van der Waals surface area contributed by atoms with Gasteiger partial charge in [0.2, 0.25) is 5.91 Å². The number of sulfone groups is 1. The van der Waals surface area contributed by atoms with Crippen LogP contribution in [0.2, 0.25) is 0 Å². The molecule has 1 aliphatic rings. The van der Waals surface area contributed by atoms with Gasteiger partial charge in [0.15, 0.2) is 9.84 Å². The first-order valence-corrected chi connectivity index (χ1v) is 11.0. The molecule has 1 aromatic heterocycles. The van der Waals surface area contributed by atoms with E-state index in [9.17, 15) is 23.1 Å². The first kappa shape index (κ1) is 19.4. The van der Waals surface area contributed by atoms with Gasteiger partial charge in [0.25, 0.3) is 5.56 Å². The van der Waals surface area contributed by atoms with E-state index in [1.165, 1.54) is 6.07 Å². The minimum Gasteiger partial charge on any atom is -0.394 e. The van der Waals surface area contributed by atoms with Gasteiger partial charge in [-0.1, -0.05) is 30.3 Å². The third-order valence-electron chi connectivity index (χ3n) is 5.25. The van der Waals surface area contributed by atoms with Gasteiger partial charge in [0.05, 0.1) is 29.2 Å². The van der Waals surface area contributed by atoms with Gasteiger partial charge in [-0.2, -0.15) is 0 Å². The van der Waals surface area contributed by atoms with Crippen molar-refractivity contribution in [2.24, 2.45) is 0 Å². The fourth-order valence-corrected chi connectivity index (χ4v) is 4.72. The highest BCUT2D eigenvalue weighted by molar-refractivity contribution is 7.90. The van der Waals surface area contributed by atoms with Gasteiger partial charge in [-0.3, -0.25) is 9.59 Å². The molecule has 1 aliphatic heterocycles.